The van der Waals surface area contributed by atoms with Gasteiger partial charge in [0.25, 0.3) is 0 Å². The number of nitrogens with zero attached hydrogens (tertiary/aromatic N) is 2. The molecule has 1 heterocycles. The number of urea groups is 1. The maximum absolute atomic E-state index is 11.6. The molecule has 1 atom stereocenters. The van der Waals surface area contributed by atoms with E-state index in [9.17, 15) is 4.79 Å². The first-order chi connectivity index (χ1) is 8.60. The van der Waals surface area contributed by atoms with Gasteiger partial charge in [-0.15, -0.1) is 0 Å². The van der Waals surface area contributed by atoms with Gasteiger partial charge in [0, 0.05) is 25.4 Å². The molecule has 1 aromatic rings. The van der Waals surface area contributed by atoms with E-state index in [1.165, 1.54) is 0 Å². The standard InChI is InChI=1S/C12H22N4O2/c1-4-10(8-17)14-12(18)13-6-9-7-16(3)15-11(9)5-2/h7,10,17H,4-6,8H2,1-3H3,(H2,13,14,18). The Kier molecular flexibility index (Phi) is 5.64. The molecule has 18 heavy (non-hydrogen) atoms. The average molecular weight is 254 g/mol. The van der Waals surface area contributed by atoms with Crippen LogP contribution in [-0.2, 0) is 20.0 Å². The van der Waals surface area contributed by atoms with Crippen molar-refractivity contribution in [3.05, 3.63) is 17.5 Å². The summed E-state index contributed by atoms with van der Waals surface area (Å²) in [4.78, 5) is 11.6. The van der Waals surface area contributed by atoms with Crippen LogP contribution in [0.15, 0.2) is 6.20 Å². The smallest absolute Gasteiger partial charge is 0.315 e. The summed E-state index contributed by atoms with van der Waals surface area (Å²) >= 11 is 0. The minimum absolute atomic E-state index is 0.0446. The Balaban J connectivity index is 2.46. The summed E-state index contributed by atoms with van der Waals surface area (Å²) in [6.45, 7) is 4.35. The number of aliphatic hydroxyl groups is 1. The molecular formula is C12H22N4O2. The van der Waals surface area contributed by atoms with Crippen LogP contribution in [0, 0.1) is 0 Å². The van der Waals surface area contributed by atoms with Gasteiger partial charge in [0.15, 0.2) is 0 Å². The van der Waals surface area contributed by atoms with Gasteiger partial charge >= 0.3 is 6.03 Å². The number of hydrogen-bond acceptors (Lipinski definition) is 3. The van der Waals surface area contributed by atoms with Gasteiger partial charge in [-0.3, -0.25) is 4.68 Å². The number of hydrogen-bond donors (Lipinski definition) is 3. The maximum Gasteiger partial charge on any atom is 0.315 e. The number of aliphatic hydroxyl groups excluding tert-OH is 1. The second kappa shape index (κ2) is 7.00. The molecule has 0 fully saturated rings. The van der Waals surface area contributed by atoms with Crippen molar-refractivity contribution in [3.63, 3.8) is 0 Å². The van der Waals surface area contributed by atoms with Crippen LogP contribution in [0.4, 0.5) is 4.79 Å². The van der Waals surface area contributed by atoms with Crippen LogP contribution >= 0.6 is 0 Å². The first kappa shape index (κ1) is 14.5. The zero-order valence-corrected chi connectivity index (χ0v) is 11.2. The number of aryl methyl sites for hydroxylation is 2. The van der Waals surface area contributed by atoms with E-state index < -0.39 is 0 Å². The van der Waals surface area contributed by atoms with Crippen LogP contribution in [0.2, 0.25) is 0 Å². The van der Waals surface area contributed by atoms with Gasteiger partial charge < -0.3 is 15.7 Å². The number of rotatable bonds is 6. The lowest BCUT2D eigenvalue weighted by atomic mass is 10.2. The maximum atomic E-state index is 11.6. The first-order valence-electron chi connectivity index (χ1n) is 6.27. The topological polar surface area (TPSA) is 79.2 Å². The Bertz CT molecular complexity index is 385. The van der Waals surface area contributed by atoms with Gasteiger partial charge in [-0.25, -0.2) is 4.79 Å². The van der Waals surface area contributed by atoms with Crippen LogP contribution in [0.1, 0.15) is 31.5 Å². The Labute approximate surface area is 107 Å². The van der Waals surface area contributed by atoms with E-state index in [1.807, 2.05) is 27.1 Å². The van der Waals surface area contributed by atoms with Gasteiger partial charge in [-0.05, 0) is 12.8 Å². The van der Waals surface area contributed by atoms with E-state index in [-0.39, 0.29) is 18.7 Å². The Morgan fingerprint density at radius 2 is 2.28 bits per heavy atom. The Hall–Kier alpha value is -1.56. The summed E-state index contributed by atoms with van der Waals surface area (Å²) in [5, 5.41) is 18.8. The summed E-state index contributed by atoms with van der Waals surface area (Å²) in [5.41, 5.74) is 2.01. The molecule has 0 saturated carbocycles. The number of aromatic nitrogens is 2. The van der Waals surface area contributed by atoms with Crippen molar-refractivity contribution in [2.45, 2.75) is 39.3 Å². The average Bonchev–Trinajstić information content (AvgIpc) is 2.73. The number of amides is 2. The molecule has 6 heteroatoms. The van der Waals surface area contributed by atoms with Crippen LogP contribution in [0.3, 0.4) is 0 Å². The monoisotopic (exact) mass is 254 g/mol. The molecule has 0 spiro atoms. The molecule has 1 aromatic heterocycles. The zero-order chi connectivity index (χ0) is 13.5. The SMILES string of the molecule is CCc1nn(C)cc1CNC(=O)NC(CC)CO. The van der Waals surface area contributed by atoms with Crippen molar-refractivity contribution < 1.29 is 9.90 Å². The van der Waals surface area contributed by atoms with Crippen LogP contribution in [0.25, 0.3) is 0 Å². The predicted molar refractivity (Wildman–Crippen MR) is 69.1 cm³/mol. The Morgan fingerprint density at radius 1 is 1.56 bits per heavy atom. The Morgan fingerprint density at radius 3 is 2.83 bits per heavy atom. The summed E-state index contributed by atoms with van der Waals surface area (Å²) in [7, 11) is 1.86. The molecule has 0 aliphatic carbocycles. The molecule has 1 unspecified atom stereocenters. The highest BCUT2D eigenvalue weighted by Gasteiger charge is 2.10. The molecular weight excluding hydrogens is 232 g/mol. The lowest BCUT2D eigenvalue weighted by Gasteiger charge is -2.14. The summed E-state index contributed by atoms with van der Waals surface area (Å²) < 4.78 is 1.75. The van der Waals surface area contributed by atoms with Crippen molar-refractivity contribution in [2.75, 3.05) is 6.61 Å². The summed E-state index contributed by atoms with van der Waals surface area (Å²) in [6.07, 6.45) is 3.45. The van der Waals surface area contributed by atoms with E-state index >= 15 is 0 Å². The first-order valence-corrected chi connectivity index (χ1v) is 6.27. The third-order valence-corrected chi connectivity index (χ3v) is 2.81. The molecule has 0 aliphatic heterocycles. The quantitative estimate of drug-likeness (QED) is 0.693. The van der Waals surface area contributed by atoms with Gasteiger partial charge in [-0.2, -0.15) is 5.10 Å². The van der Waals surface area contributed by atoms with E-state index in [1.54, 1.807) is 4.68 Å². The molecule has 0 aromatic carbocycles. The predicted octanol–water partition coefficient (Wildman–Crippen LogP) is 0.553. The van der Waals surface area contributed by atoms with Crippen LogP contribution < -0.4 is 10.6 Å². The molecule has 2 amide bonds. The van der Waals surface area contributed by atoms with E-state index in [4.69, 9.17) is 5.11 Å². The second-order valence-electron chi connectivity index (χ2n) is 4.24. The molecule has 102 valence electrons. The van der Waals surface area contributed by atoms with E-state index in [0.29, 0.717) is 13.0 Å². The fourth-order valence-corrected chi connectivity index (χ4v) is 1.72. The third-order valence-electron chi connectivity index (χ3n) is 2.81. The van der Waals surface area contributed by atoms with Crippen LogP contribution in [-0.4, -0.2) is 33.6 Å². The van der Waals surface area contributed by atoms with Crippen molar-refractivity contribution in [1.29, 1.82) is 0 Å². The highest BCUT2D eigenvalue weighted by molar-refractivity contribution is 5.74. The molecule has 6 nitrogen and oxygen atoms in total. The second-order valence-corrected chi connectivity index (χ2v) is 4.24. The van der Waals surface area contributed by atoms with Crippen molar-refractivity contribution >= 4 is 6.03 Å². The van der Waals surface area contributed by atoms with Gasteiger partial charge in [0.05, 0.1) is 18.3 Å². The van der Waals surface area contributed by atoms with Crippen molar-refractivity contribution in [1.82, 2.24) is 20.4 Å². The molecule has 0 radical (unpaired) electrons. The van der Waals surface area contributed by atoms with Crippen molar-refractivity contribution in [2.24, 2.45) is 7.05 Å². The van der Waals surface area contributed by atoms with Crippen LogP contribution in [0.5, 0.6) is 0 Å². The highest BCUT2D eigenvalue weighted by atomic mass is 16.3. The lowest BCUT2D eigenvalue weighted by molar-refractivity contribution is 0.214. The largest absolute Gasteiger partial charge is 0.394 e. The van der Waals surface area contributed by atoms with E-state index in [0.717, 1.165) is 17.7 Å². The minimum atomic E-state index is -0.262. The third kappa shape index (κ3) is 4.03. The molecule has 0 saturated heterocycles. The molecule has 3 N–H and O–H groups in total. The van der Waals surface area contributed by atoms with Crippen molar-refractivity contribution in [3.8, 4) is 0 Å². The normalized spacial score (nSPS) is 12.2. The van der Waals surface area contributed by atoms with E-state index in [2.05, 4.69) is 15.7 Å². The number of carbonyl (C=O) groups is 1. The lowest BCUT2D eigenvalue weighted by Crippen LogP contribution is -2.43. The zero-order valence-electron chi connectivity index (χ0n) is 11.2. The summed E-state index contributed by atoms with van der Waals surface area (Å²) in [6, 6.07) is -0.452. The molecule has 0 bridgehead atoms. The minimum Gasteiger partial charge on any atom is -0.394 e. The number of carbonyl (C=O) groups excluding carboxylic acids is 1. The number of nitrogens with one attached hydrogen (secondary N) is 2. The summed E-state index contributed by atoms with van der Waals surface area (Å²) in [5.74, 6) is 0. The molecule has 1 rings (SSSR count). The van der Waals surface area contributed by atoms with Gasteiger partial charge in [0.1, 0.15) is 0 Å². The van der Waals surface area contributed by atoms with Gasteiger partial charge in [-0.1, -0.05) is 13.8 Å². The molecule has 0 aliphatic rings. The fourth-order valence-electron chi connectivity index (χ4n) is 1.72. The highest BCUT2D eigenvalue weighted by Crippen LogP contribution is 2.06. The fraction of sp³-hybridized carbons (Fsp3) is 0.667. The van der Waals surface area contributed by atoms with Gasteiger partial charge in [0.2, 0.25) is 0 Å².